The normalized spacial score (nSPS) is 17.3. The molecule has 0 aromatic heterocycles. The molecular weight excluding hydrogens is 761 g/mol. The highest BCUT2D eigenvalue weighted by atomic mass is 16.2. The molecule has 2 aliphatic heterocycles. The Morgan fingerprint density at radius 3 is 1.25 bits per heavy atom. The minimum Gasteiger partial charge on any atom is -0.369 e. The van der Waals surface area contributed by atoms with Gasteiger partial charge in [0.05, 0.1) is 13.1 Å². The number of carbonyl (C=O) groups is 6. The van der Waals surface area contributed by atoms with Crippen LogP contribution in [-0.4, -0.2) is 107 Å². The highest BCUT2D eigenvalue weighted by Crippen LogP contribution is 2.30. The van der Waals surface area contributed by atoms with Crippen molar-refractivity contribution in [1.82, 2.24) is 19.6 Å². The smallest absolute Gasteiger partial charge is 0.247 e. The molecule has 6 amide bonds. The number of anilines is 2. The average molecular weight is 815 g/mol. The van der Waals surface area contributed by atoms with Gasteiger partial charge in [0.1, 0.15) is 24.2 Å². The maximum atomic E-state index is 13.9. The summed E-state index contributed by atoms with van der Waals surface area (Å²) >= 11 is 0. The minimum atomic E-state index is -0.759. The summed E-state index contributed by atoms with van der Waals surface area (Å²) in [6.45, 7) is 0.665. The predicted octanol–water partition coefficient (Wildman–Crippen LogP) is 3.65. The fraction of sp³-hybridized carbons (Fsp3) is 0.348. The Balaban J connectivity index is 1.01. The monoisotopic (exact) mass is 814 g/mol. The number of likely N-dealkylation sites (N-methyl/N-ethyl adjacent to an activating group) is 2. The van der Waals surface area contributed by atoms with E-state index in [-0.39, 0.29) is 36.7 Å². The number of nitrogens with one attached hydrogen (secondary N) is 2. The molecule has 2 aliphatic rings. The Morgan fingerprint density at radius 2 is 0.917 bits per heavy atom. The van der Waals surface area contributed by atoms with Gasteiger partial charge in [-0.15, -0.1) is 0 Å². The van der Waals surface area contributed by atoms with E-state index in [0.717, 1.165) is 35.1 Å². The van der Waals surface area contributed by atoms with Crippen molar-refractivity contribution in [2.45, 2.75) is 62.7 Å². The van der Waals surface area contributed by atoms with E-state index in [0.29, 0.717) is 50.1 Å². The number of nitrogens with two attached hydrogens (primary N) is 2. The maximum Gasteiger partial charge on any atom is 0.247 e. The third-order valence-electron chi connectivity index (χ3n) is 11.2. The first-order valence-electron chi connectivity index (χ1n) is 20.4. The Kier molecular flexibility index (Phi) is 14.4. The lowest BCUT2D eigenvalue weighted by atomic mass is 10.0. The van der Waals surface area contributed by atoms with Gasteiger partial charge in [0, 0.05) is 24.5 Å². The first-order valence-corrected chi connectivity index (χ1v) is 20.4. The summed E-state index contributed by atoms with van der Waals surface area (Å²) in [5, 5.41) is 5.98. The number of nitrogens with zero attached hydrogens (tertiary/aromatic N) is 4. The van der Waals surface area contributed by atoms with E-state index in [4.69, 9.17) is 11.5 Å². The zero-order chi connectivity index (χ0) is 42.8. The van der Waals surface area contributed by atoms with E-state index in [1.54, 1.807) is 33.7 Å². The molecule has 0 aliphatic carbocycles. The number of hydrogen-bond acceptors (Lipinski definition) is 8. The van der Waals surface area contributed by atoms with Crippen LogP contribution in [0.5, 0.6) is 0 Å². The summed E-state index contributed by atoms with van der Waals surface area (Å²) in [7, 11) is 3.36. The molecule has 6 N–H and O–H groups in total. The molecule has 2 unspecified atom stereocenters. The summed E-state index contributed by atoms with van der Waals surface area (Å²) in [6.07, 6.45) is 3.93. The van der Waals surface area contributed by atoms with Crippen LogP contribution >= 0.6 is 0 Å². The zero-order valence-electron chi connectivity index (χ0n) is 34.2. The second kappa shape index (κ2) is 20.1. The summed E-state index contributed by atoms with van der Waals surface area (Å²) < 4.78 is 0. The van der Waals surface area contributed by atoms with E-state index < -0.39 is 36.0 Å². The van der Waals surface area contributed by atoms with E-state index >= 15 is 0 Å². The molecule has 4 aromatic carbocycles. The van der Waals surface area contributed by atoms with Crippen LogP contribution in [0.1, 0.15) is 60.0 Å². The average Bonchev–Trinajstić information content (AvgIpc) is 3.93. The van der Waals surface area contributed by atoms with Crippen molar-refractivity contribution in [1.29, 1.82) is 0 Å². The Bertz CT molecular complexity index is 1980. The van der Waals surface area contributed by atoms with Crippen LogP contribution in [0.3, 0.4) is 0 Å². The summed E-state index contributed by atoms with van der Waals surface area (Å²) in [4.78, 5) is 84.9. The second-order valence-electron chi connectivity index (χ2n) is 15.6. The van der Waals surface area contributed by atoms with Crippen LogP contribution in [0.4, 0.5) is 11.4 Å². The van der Waals surface area contributed by atoms with Crippen LogP contribution in [0.25, 0.3) is 0 Å². The van der Waals surface area contributed by atoms with E-state index in [2.05, 4.69) is 10.6 Å². The molecule has 6 rings (SSSR count). The van der Waals surface area contributed by atoms with Gasteiger partial charge in [-0.2, -0.15) is 0 Å². The molecule has 0 saturated carbocycles. The lowest BCUT2D eigenvalue weighted by molar-refractivity contribution is -0.142. The Hall–Kier alpha value is -6.38. The molecule has 4 atom stereocenters. The van der Waals surface area contributed by atoms with Crippen molar-refractivity contribution in [3.8, 4) is 0 Å². The van der Waals surface area contributed by atoms with Gasteiger partial charge < -0.3 is 31.9 Å². The highest BCUT2D eigenvalue weighted by Gasteiger charge is 2.41. The molecule has 4 aromatic rings. The number of hydrogen-bond donors (Lipinski definition) is 4. The molecule has 2 fully saturated rings. The lowest BCUT2D eigenvalue weighted by Crippen LogP contribution is -2.49. The Morgan fingerprint density at radius 1 is 0.567 bits per heavy atom. The summed E-state index contributed by atoms with van der Waals surface area (Å²) in [6, 6.07) is 30.9. The van der Waals surface area contributed by atoms with Crippen LogP contribution in [0.2, 0.25) is 0 Å². The largest absolute Gasteiger partial charge is 0.369 e. The quantitative estimate of drug-likeness (QED) is 0.124. The van der Waals surface area contributed by atoms with Crippen LogP contribution in [0.15, 0.2) is 109 Å². The minimum absolute atomic E-state index is 0.103. The number of primary amides is 2. The van der Waals surface area contributed by atoms with Gasteiger partial charge in [-0.1, -0.05) is 84.9 Å². The van der Waals surface area contributed by atoms with E-state index in [9.17, 15) is 28.8 Å². The van der Waals surface area contributed by atoms with Gasteiger partial charge in [-0.25, -0.2) is 0 Å². The van der Waals surface area contributed by atoms with Crippen LogP contribution in [-0.2, 0) is 41.6 Å². The standard InChI is InChI=1S/C46H54N8O6/c1-51(29-39(47)55)41(33-11-5-3-6-12-33)45(59)53-27-9-15-37(53)43(57)49-35-23-19-31(20-24-35)17-18-32-21-25-36(26-22-32)50-44(58)38-16-10-28-54(38)46(60)42(52(2)30-40(48)56)34-13-7-4-8-14-34/h3-8,11-14,19-26,37-38,41-42H,9-10,15-18,27-30H2,1-2H3,(H2,47,55)(H2,48,56)(H,49,57)(H,50,58)/t37-,38-,41?,42?/m0/s1. The van der Waals surface area contributed by atoms with Gasteiger partial charge in [0.25, 0.3) is 0 Å². The Labute approximate surface area is 350 Å². The zero-order valence-corrected chi connectivity index (χ0v) is 34.2. The fourth-order valence-corrected chi connectivity index (χ4v) is 8.29. The summed E-state index contributed by atoms with van der Waals surface area (Å²) in [5.74, 6) is -2.11. The van der Waals surface area contributed by atoms with Gasteiger partial charge in [-0.05, 0) is 99.1 Å². The molecule has 0 bridgehead atoms. The molecule has 0 spiro atoms. The second-order valence-corrected chi connectivity index (χ2v) is 15.6. The predicted molar refractivity (Wildman–Crippen MR) is 229 cm³/mol. The molecule has 14 nitrogen and oxygen atoms in total. The number of rotatable bonds is 17. The van der Waals surface area contributed by atoms with Gasteiger partial charge in [-0.3, -0.25) is 38.6 Å². The van der Waals surface area contributed by atoms with Crippen molar-refractivity contribution in [2.24, 2.45) is 11.5 Å². The third kappa shape index (κ3) is 10.8. The highest BCUT2D eigenvalue weighted by molar-refractivity contribution is 5.99. The van der Waals surface area contributed by atoms with E-state index in [1.807, 2.05) is 109 Å². The number of amides is 6. The molecule has 2 saturated heterocycles. The van der Waals surface area contributed by atoms with Crippen LogP contribution < -0.4 is 22.1 Å². The van der Waals surface area contributed by atoms with Gasteiger partial charge in [0.15, 0.2) is 0 Å². The number of benzene rings is 4. The molecule has 60 heavy (non-hydrogen) atoms. The van der Waals surface area contributed by atoms with Crippen molar-refractivity contribution < 1.29 is 28.8 Å². The maximum absolute atomic E-state index is 13.9. The summed E-state index contributed by atoms with van der Waals surface area (Å²) in [5.41, 5.74) is 15.8. The first kappa shape index (κ1) is 43.2. The molecule has 0 radical (unpaired) electrons. The van der Waals surface area contributed by atoms with Gasteiger partial charge in [0.2, 0.25) is 35.4 Å². The molecular formula is C46H54N8O6. The van der Waals surface area contributed by atoms with Crippen molar-refractivity contribution in [3.63, 3.8) is 0 Å². The third-order valence-corrected chi connectivity index (χ3v) is 11.2. The number of likely N-dealkylation sites (tertiary alicyclic amines) is 2. The number of aryl methyl sites for hydroxylation is 2. The fourth-order valence-electron chi connectivity index (χ4n) is 8.29. The lowest BCUT2D eigenvalue weighted by Gasteiger charge is -2.33. The van der Waals surface area contributed by atoms with Crippen molar-refractivity contribution in [3.05, 3.63) is 131 Å². The topological polar surface area (TPSA) is 191 Å². The van der Waals surface area contributed by atoms with Crippen molar-refractivity contribution in [2.75, 3.05) is 50.9 Å². The van der Waals surface area contributed by atoms with Gasteiger partial charge >= 0.3 is 0 Å². The van der Waals surface area contributed by atoms with Crippen molar-refractivity contribution >= 4 is 46.8 Å². The molecule has 314 valence electrons. The first-order chi connectivity index (χ1) is 28.9. The molecule has 2 heterocycles. The van der Waals surface area contributed by atoms with Crippen LogP contribution in [0, 0.1) is 0 Å². The number of carbonyl (C=O) groups excluding carboxylic acids is 6. The SMILES string of the molecule is CN(CC(N)=O)C(C(=O)N1CCC[C@H]1C(=O)Nc1ccc(CCc2ccc(NC(=O)[C@@H]3CCCN3C(=O)C(c3ccccc3)N(C)CC(N)=O)cc2)cc1)c1ccccc1. The van der Waals surface area contributed by atoms with E-state index in [1.165, 1.54) is 0 Å². The molecule has 14 heteroatoms.